The van der Waals surface area contributed by atoms with Crippen molar-refractivity contribution >= 4 is 34.7 Å². The van der Waals surface area contributed by atoms with Gasteiger partial charge >= 0.3 is 0 Å². The molecule has 3 saturated heterocycles. The third kappa shape index (κ3) is 8.79. The van der Waals surface area contributed by atoms with Crippen LogP contribution in [0, 0.1) is 11.6 Å². The standard InChI is InChI=1S/C47H50F2N8O5/c48-38-24-31(25-39(49)37(38)29-55-19-21-62-22-20-55)34-8-6-9-40-44(34)52-41(27-50-40)32-26-51-56(28-32)33-14-17-54(18-15-33)16-5-3-1-2-4-7-30-10-11-35-36(23-30)47(61)57(46(35)60)42-12-13-43(58)53-45(42)59/h6,8-11,23-28,33,42H,1-5,7,12-22,29H2,(H,53,58,59). The van der Waals surface area contributed by atoms with Crippen molar-refractivity contribution in [3.63, 3.8) is 0 Å². The predicted octanol–water partition coefficient (Wildman–Crippen LogP) is 6.50. The first-order chi connectivity index (χ1) is 30.2. The molecule has 0 aliphatic carbocycles. The Morgan fingerprint density at radius 2 is 1.52 bits per heavy atom. The van der Waals surface area contributed by atoms with E-state index in [1.807, 2.05) is 46.2 Å². The number of fused-ring (bicyclic) bond motifs is 2. The lowest BCUT2D eigenvalue weighted by Crippen LogP contribution is -2.54. The molecule has 1 N–H and O–H groups in total. The summed E-state index contributed by atoms with van der Waals surface area (Å²) < 4.78 is 38.2. The Bertz CT molecular complexity index is 2490. The van der Waals surface area contributed by atoms with Crippen molar-refractivity contribution in [2.24, 2.45) is 0 Å². The van der Waals surface area contributed by atoms with Gasteiger partial charge < -0.3 is 9.64 Å². The Kier molecular flexibility index (Phi) is 12.3. The number of hydrogen-bond acceptors (Lipinski definition) is 10. The molecular formula is C47H50F2N8O5. The molecule has 1 atom stereocenters. The number of morpholine rings is 1. The first kappa shape index (κ1) is 41.6. The Morgan fingerprint density at radius 3 is 2.31 bits per heavy atom. The molecule has 0 saturated carbocycles. The van der Waals surface area contributed by atoms with Crippen LogP contribution in [0.25, 0.3) is 33.4 Å². The number of para-hydroxylation sites is 1. The van der Waals surface area contributed by atoms with Crippen LogP contribution in [0.2, 0.25) is 0 Å². The van der Waals surface area contributed by atoms with E-state index in [0.29, 0.717) is 65.3 Å². The number of aryl methyl sites for hydroxylation is 1. The predicted molar refractivity (Wildman–Crippen MR) is 227 cm³/mol. The summed E-state index contributed by atoms with van der Waals surface area (Å²) in [5, 5.41) is 6.96. The molecule has 13 nitrogen and oxygen atoms in total. The molecule has 0 radical (unpaired) electrons. The maximum atomic E-state index is 15.4. The van der Waals surface area contributed by atoms with Crippen molar-refractivity contribution in [2.75, 3.05) is 45.9 Å². The first-order valence-corrected chi connectivity index (χ1v) is 21.9. The van der Waals surface area contributed by atoms with Gasteiger partial charge in [0, 0.05) is 62.0 Å². The summed E-state index contributed by atoms with van der Waals surface area (Å²) >= 11 is 0. The molecule has 6 heterocycles. The number of benzene rings is 3. The SMILES string of the molecule is O=C1CCC(N2C(=O)c3ccc(CCCCCCCN4CCC(n5cc(-c6cnc7cccc(-c8cc(F)c(CN9CCOCC9)c(F)c8)c7n6)cn5)CC4)cc3C2=O)C(=O)N1. The number of nitrogens with one attached hydrogen (secondary N) is 1. The Labute approximate surface area is 358 Å². The van der Waals surface area contributed by atoms with E-state index in [9.17, 15) is 19.2 Å². The van der Waals surface area contributed by atoms with Gasteiger partial charge in [-0.05, 0) is 86.5 Å². The van der Waals surface area contributed by atoms with Crippen molar-refractivity contribution in [3.05, 3.63) is 101 Å². The van der Waals surface area contributed by atoms with E-state index in [1.165, 1.54) is 12.1 Å². The molecule has 62 heavy (non-hydrogen) atoms. The number of imide groups is 2. The van der Waals surface area contributed by atoms with Crippen LogP contribution in [0.4, 0.5) is 8.78 Å². The molecule has 2 aromatic heterocycles. The lowest BCUT2D eigenvalue weighted by atomic mass is 10.0. The zero-order valence-electron chi connectivity index (χ0n) is 34.7. The number of nitrogens with zero attached hydrogens (tertiary/aromatic N) is 7. The summed E-state index contributed by atoms with van der Waals surface area (Å²) in [5.74, 6) is -3.10. The summed E-state index contributed by atoms with van der Waals surface area (Å²) in [7, 11) is 0. The zero-order chi connectivity index (χ0) is 42.7. The first-order valence-electron chi connectivity index (χ1n) is 21.9. The normalized spacial score (nSPS) is 19.1. The molecule has 322 valence electrons. The van der Waals surface area contributed by atoms with E-state index in [1.54, 1.807) is 18.3 Å². The summed E-state index contributed by atoms with van der Waals surface area (Å²) in [6.45, 7) is 5.64. The van der Waals surface area contributed by atoms with Gasteiger partial charge in [-0.3, -0.25) is 44.0 Å². The quantitative estimate of drug-likeness (QED) is 0.0973. The maximum Gasteiger partial charge on any atom is 0.262 e. The minimum atomic E-state index is -0.957. The van der Waals surface area contributed by atoms with E-state index in [0.717, 1.165) is 87.0 Å². The van der Waals surface area contributed by atoms with Crippen LogP contribution in [-0.2, 0) is 27.3 Å². The van der Waals surface area contributed by atoms with Crippen LogP contribution in [0.1, 0.15) is 95.7 Å². The van der Waals surface area contributed by atoms with Crippen LogP contribution in [0.15, 0.2) is 67.1 Å². The summed E-state index contributed by atoms with van der Waals surface area (Å²) in [6, 6.07) is 13.0. The molecule has 1 unspecified atom stereocenters. The van der Waals surface area contributed by atoms with Gasteiger partial charge in [0.2, 0.25) is 11.8 Å². The number of ether oxygens (including phenoxy) is 1. The topological polar surface area (TPSA) is 143 Å². The number of amides is 4. The van der Waals surface area contributed by atoms with E-state index in [-0.39, 0.29) is 36.9 Å². The zero-order valence-corrected chi connectivity index (χ0v) is 34.7. The number of likely N-dealkylation sites (tertiary alicyclic amines) is 1. The maximum absolute atomic E-state index is 15.4. The molecule has 0 spiro atoms. The second kappa shape index (κ2) is 18.3. The van der Waals surface area contributed by atoms with Crippen LogP contribution < -0.4 is 5.32 Å². The number of hydrogen-bond donors (Lipinski definition) is 1. The van der Waals surface area contributed by atoms with Gasteiger partial charge in [-0.15, -0.1) is 0 Å². The Balaban J connectivity index is 0.725. The summed E-state index contributed by atoms with van der Waals surface area (Å²) in [5.41, 5.74) is 5.43. The fourth-order valence-electron chi connectivity index (χ4n) is 9.24. The van der Waals surface area contributed by atoms with Gasteiger partial charge in [0.05, 0.1) is 59.5 Å². The number of carbonyl (C=O) groups excluding carboxylic acids is 4. The van der Waals surface area contributed by atoms with Crippen molar-refractivity contribution in [3.8, 4) is 22.4 Å². The molecule has 3 fully saturated rings. The van der Waals surface area contributed by atoms with E-state index in [2.05, 4.69) is 15.2 Å². The van der Waals surface area contributed by atoms with Gasteiger partial charge in [0.15, 0.2) is 0 Å². The van der Waals surface area contributed by atoms with E-state index < -0.39 is 35.4 Å². The molecule has 15 heteroatoms. The van der Waals surface area contributed by atoms with Crippen LogP contribution >= 0.6 is 0 Å². The highest BCUT2D eigenvalue weighted by Gasteiger charge is 2.44. The number of carbonyl (C=O) groups is 4. The summed E-state index contributed by atoms with van der Waals surface area (Å²) in [6.07, 6.45) is 14.0. The lowest BCUT2D eigenvalue weighted by molar-refractivity contribution is -0.136. The number of rotatable bonds is 14. The van der Waals surface area contributed by atoms with Gasteiger partial charge in [-0.1, -0.05) is 37.5 Å². The molecule has 5 aromatic rings. The third-order valence-electron chi connectivity index (χ3n) is 12.8. The fourth-order valence-corrected chi connectivity index (χ4v) is 9.24. The number of unbranched alkanes of at least 4 members (excludes halogenated alkanes) is 4. The van der Waals surface area contributed by atoms with Crippen LogP contribution in [0.5, 0.6) is 0 Å². The minimum Gasteiger partial charge on any atom is -0.379 e. The fraction of sp³-hybridized carbons (Fsp3) is 0.426. The highest BCUT2D eigenvalue weighted by molar-refractivity contribution is 6.23. The highest BCUT2D eigenvalue weighted by atomic mass is 19.1. The Morgan fingerprint density at radius 1 is 0.758 bits per heavy atom. The summed E-state index contributed by atoms with van der Waals surface area (Å²) in [4.78, 5) is 65.2. The average Bonchev–Trinajstić information content (AvgIpc) is 3.87. The van der Waals surface area contributed by atoms with Gasteiger partial charge in [-0.2, -0.15) is 5.10 Å². The second-order valence-corrected chi connectivity index (χ2v) is 16.9. The van der Waals surface area contributed by atoms with Crippen molar-refractivity contribution in [1.29, 1.82) is 0 Å². The molecule has 0 bridgehead atoms. The van der Waals surface area contributed by atoms with Crippen LogP contribution in [0.3, 0.4) is 0 Å². The number of aromatic nitrogens is 4. The molecule has 4 amide bonds. The molecule has 4 aliphatic rings. The highest BCUT2D eigenvalue weighted by Crippen LogP contribution is 2.33. The van der Waals surface area contributed by atoms with Crippen molar-refractivity contribution in [2.45, 2.75) is 82.8 Å². The Hall–Kier alpha value is -5.77. The smallest absolute Gasteiger partial charge is 0.262 e. The average molecular weight is 845 g/mol. The van der Waals surface area contributed by atoms with Gasteiger partial charge in [0.1, 0.15) is 17.7 Å². The molecular weight excluding hydrogens is 795 g/mol. The largest absolute Gasteiger partial charge is 0.379 e. The number of halogens is 2. The number of piperidine rings is 2. The lowest BCUT2D eigenvalue weighted by Gasteiger charge is -2.32. The minimum absolute atomic E-state index is 0.0595. The monoisotopic (exact) mass is 844 g/mol. The van der Waals surface area contributed by atoms with Gasteiger partial charge in [-0.25, -0.2) is 13.8 Å². The molecule has 4 aliphatic heterocycles. The van der Waals surface area contributed by atoms with Crippen molar-refractivity contribution in [1.82, 2.24) is 39.8 Å². The van der Waals surface area contributed by atoms with Gasteiger partial charge in [0.25, 0.3) is 11.8 Å². The van der Waals surface area contributed by atoms with E-state index >= 15 is 8.78 Å². The molecule has 3 aromatic carbocycles. The third-order valence-corrected chi connectivity index (χ3v) is 12.8. The molecule has 9 rings (SSSR count). The second-order valence-electron chi connectivity index (χ2n) is 16.9. The van der Waals surface area contributed by atoms with Crippen LogP contribution in [-0.4, -0.2) is 110 Å². The van der Waals surface area contributed by atoms with Crippen molar-refractivity contribution < 1.29 is 32.7 Å². The van der Waals surface area contributed by atoms with E-state index in [4.69, 9.17) is 14.8 Å².